The average Bonchev–Trinajstić information content (AvgIpc) is 2.92. The zero-order valence-corrected chi connectivity index (χ0v) is 24.3. The van der Waals surface area contributed by atoms with Crippen molar-refractivity contribution >= 4 is 62.8 Å². The first-order valence-electron chi connectivity index (χ1n) is 12.6. The molecular weight excluding hydrogens is 612 g/mol. The molecule has 1 fully saturated rings. The highest BCUT2D eigenvalue weighted by atomic mass is 79.9. The molecule has 3 aromatic rings. The fraction of sp³-hybridized carbons (Fsp3) is 0.172. The zero-order valence-electron chi connectivity index (χ0n) is 22.7. The van der Waals surface area contributed by atoms with Crippen molar-refractivity contribution in [1.82, 2.24) is 5.32 Å². The minimum absolute atomic E-state index is 0.0795. The number of benzene rings is 3. The van der Waals surface area contributed by atoms with Crippen molar-refractivity contribution in [3.63, 3.8) is 0 Å². The van der Waals surface area contributed by atoms with Gasteiger partial charge in [0.05, 0.1) is 21.7 Å². The van der Waals surface area contributed by atoms with Gasteiger partial charge >= 0.3 is 6.03 Å². The van der Waals surface area contributed by atoms with Gasteiger partial charge in [0.25, 0.3) is 23.4 Å². The van der Waals surface area contributed by atoms with E-state index < -0.39 is 34.2 Å². The van der Waals surface area contributed by atoms with Gasteiger partial charge in [0.1, 0.15) is 5.57 Å². The normalized spacial score (nSPS) is 14.0. The number of barbiturate groups is 1. The molecule has 0 aromatic heterocycles. The number of hydrogen-bond donors (Lipinski definition) is 2. The number of urea groups is 1. The van der Waals surface area contributed by atoms with Crippen LogP contribution < -0.4 is 25.0 Å². The Kier molecular flexibility index (Phi) is 9.01. The van der Waals surface area contributed by atoms with Gasteiger partial charge in [-0.3, -0.25) is 29.8 Å². The van der Waals surface area contributed by atoms with Crippen molar-refractivity contribution < 1.29 is 33.6 Å². The quantitative estimate of drug-likeness (QED) is 0.143. The molecule has 1 heterocycles. The van der Waals surface area contributed by atoms with E-state index in [1.807, 2.05) is 32.0 Å². The highest BCUT2D eigenvalue weighted by molar-refractivity contribution is 9.10. The number of rotatable bonds is 9. The predicted molar refractivity (Wildman–Crippen MR) is 157 cm³/mol. The number of nitro groups is 1. The molecule has 1 saturated heterocycles. The standard InChI is InChI=1S/C29H25BrN4O8/c1-4-41-24-13-18(12-22(30)26(24)42-15-25(35)31-23-9-8-16(2)10-17(23)3)11-21-27(36)32-29(38)33(28(21)37)19-6-5-7-20(14-19)34(39)40/h5-14H,4,15H2,1-3H3,(H,31,35)(H,32,36,38)/b21-11-. The van der Waals surface area contributed by atoms with Gasteiger partial charge in [0, 0.05) is 17.8 Å². The molecule has 0 radical (unpaired) electrons. The van der Waals surface area contributed by atoms with Crippen LogP contribution in [0.3, 0.4) is 0 Å². The Morgan fingerprint density at radius 1 is 1.10 bits per heavy atom. The van der Waals surface area contributed by atoms with Crippen LogP contribution in [0.15, 0.2) is 64.6 Å². The maximum atomic E-state index is 13.3. The number of nitro benzene ring substituents is 1. The van der Waals surface area contributed by atoms with Crippen molar-refractivity contribution in [1.29, 1.82) is 0 Å². The first-order valence-corrected chi connectivity index (χ1v) is 13.4. The predicted octanol–water partition coefficient (Wildman–Crippen LogP) is 5.06. The van der Waals surface area contributed by atoms with E-state index in [4.69, 9.17) is 9.47 Å². The van der Waals surface area contributed by atoms with Gasteiger partial charge in [0.2, 0.25) is 0 Å². The van der Waals surface area contributed by atoms with Gasteiger partial charge in [-0.2, -0.15) is 0 Å². The van der Waals surface area contributed by atoms with Gasteiger partial charge in [0.15, 0.2) is 18.1 Å². The van der Waals surface area contributed by atoms with E-state index in [-0.39, 0.29) is 36.1 Å². The molecule has 0 bridgehead atoms. The number of ether oxygens (including phenoxy) is 2. The molecule has 0 atom stereocenters. The van der Waals surface area contributed by atoms with E-state index in [2.05, 4.69) is 26.6 Å². The number of non-ortho nitro benzene ring substituents is 1. The second-order valence-corrected chi connectivity index (χ2v) is 10.0. The molecule has 0 aliphatic carbocycles. The maximum Gasteiger partial charge on any atom is 0.335 e. The summed E-state index contributed by atoms with van der Waals surface area (Å²) < 4.78 is 11.8. The topological polar surface area (TPSA) is 157 Å². The number of aryl methyl sites for hydroxylation is 2. The molecule has 12 nitrogen and oxygen atoms in total. The highest BCUT2D eigenvalue weighted by Crippen LogP contribution is 2.38. The number of nitrogens with one attached hydrogen (secondary N) is 2. The first kappa shape index (κ1) is 29.9. The van der Waals surface area contributed by atoms with E-state index in [1.54, 1.807) is 13.0 Å². The van der Waals surface area contributed by atoms with Gasteiger partial charge < -0.3 is 14.8 Å². The van der Waals surface area contributed by atoms with E-state index in [0.717, 1.165) is 17.2 Å². The molecule has 3 aromatic carbocycles. The molecule has 42 heavy (non-hydrogen) atoms. The molecule has 0 spiro atoms. The van der Waals surface area contributed by atoms with E-state index >= 15 is 0 Å². The molecule has 1 aliphatic rings. The summed E-state index contributed by atoms with van der Waals surface area (Å²) >= 11 is 3.40. The van der Waals surface area contributed by atoms with Gasteiger partial charge in [-0.05, 0) is 78.2 Å². The van der Waals surface area contributed by atoms with Crippen LogP contribution in [0.4, 0.5) is 21.9 Å². The van der Waals surface area contributed by atoms with Crippen molar-refractivity contribution in [2.75, 3.05) is 23.4 Å². The van der Waals surface area contributed by atoms with Crippen LogP contribution >= 0.6 is 15.9 Å². The smallest absolute Gasteiger partial charge is 0.335 e. The third-order valence-electron chi connectivity index (χ3n) is 6.05. The van der Waals surface area contributed by atoms with Crippen LogP contribution in [0.25, 0.3) is 6.08 Å². The fourth-order valence-corrected chi connectivity index (χ4v) is 4.73. The Balaban J connectivity index is 1.59. The summed E-state index contributed by atoms with van der Waals surface area (Å²) in [6.45, 7) is 5.50. The van der Waals surface area contributed by atoms with E-state index in [0.29, 0.717) is 20.6 Å². The van der Waals surface area contributed by atoms with Crippen molar-refractivity contribution in [2.24, 2.45) is 0 Å². The molecule has 1 aliphatic heterocycles. The molecule has 2 N–H and O–H groups in total. The van der Waals surface area contributed by atoms with Crippen LogP contribution in [-0.2, 0) is 14.4 Å². The Morgan fingerprint density at radius 3 is 2.55 bits per heavy atom. The molecular formula is C29H25BrN4O8. The summed E-state index contributed by atoms with van der Waals surface area (Å²) in [6.07, 6.45) is 1.25. The lowest BCUT2D eigenvalue weighted by atomic mass is 10.1. The fourth-order valence-electron chi connectivity index (χ4n) is 4.16. The minimum atomic E-state index is -1.04. The molecule has 216 valence electrons. The number of nitrogens with zero attached hydrogens (tertiary/aromatic N) is 2. The zero-order chi connectivity index (χ0) is 30.6. The Morgan fingerprint density at radius 2 is 1.86 bits per heavy atom. The van der Waals surface area contributed by atoms with Gasteiger partial charge in [-0.25, -0.2) is 9.69 Å². The third-order valence-corrected chi connectivity index (χ3v) is 6.64. The Bertz CT molecular complexity index is 1650. The van der Waals surface area contributed by atoms with Gasteiger partial charge in [-0.1, -0.05) is 23.8 Å². The lowest BCUT2D eigenvalue weighted by Gasteiger charge is -2.26. The van der Waals surface area contributed by atoms with Crippen LogP contribution in [-0.4, -0.2) is 41.9 Å². The lowest BCUT2D eigenvalue weighted by Crippen LogP contribution is -2.54. The van der Waals surface area contributed by atoms with Crippen LogP contribution in [0, 0.1) is 24.0 Å². The van der Waals surface area contributed by atoms with Crippen LogP contribution in [0.5, 0.6) is 11.5 Å². The molecule has 5 amide bonds. The lowest BCUT2D eigenvalue weighted by molar-refractivity contribution is -0.384. The summed E-state index contributed by atoms with van der Waals surface area (Å²) in [4.78, 5) is 62.1. The number of imide groups is 2. The Labute approximate surface area is 248 Å². The molecule has 4 rings (SSSR count). The van der Waals surface area contributed by atoms with E-state index in [1.165, 1.54) is 30.3 Å². The first-order chi connectivity index (χ1) is 20.0. The van der Waals surface area contributed by atoms with E-state index in [9.17, 15) is 29.3 Å². The largest absolute Gasteiger partial charge is 0.490 e. The summed E-state index contributed by atoms with van der Waals surface area (Å²) in [7, 11) is 0. The average molecular weight is 637 g/mol. The van der Waals surface area contributed by atoms with Crippen molar-refractivity contribution in [3.8, 4) is 11.5 Å². The maximum absolute atomic E-state index is 13.3. The summed E-state index contributed by atoms with van der Waals surface area (Å²) in [5.41, 5.74) is 2.17. The van der Waals surface area contributed by atoms with Crippen molar-refractivity contribution in [2.45, 2.75) is 20.8 Å². The second kappa shape index (κ2) is 12.6. The summed E-state index contributed by atoms with van der Waals surface area (Å²) in [5, 5.41) is 16.1. The molecule has 13 heteroatoms. The third kappa shape index (κ3) is 6.63. The summed E-state index contributed by atoms with van der Waals surface area (Å²) in [6, 6.07) is 12.6. The van der Waals surface area contributed by atoms with Gasteiger partial charge in [-0.15, -0.1) is 0 Å². The number of carbonyl (C=O) groups is 4. The van der Waals surface area contributed by atoms with Crippen LogP contribution in [0.1, 0.15) is 23.6 Å². The molecule has 0 unspecified atom stereocenters. The van der Waals surface area contributed by atoms with Crippen LogP contribution in [0.2, 0.25) is 0 Å². The number of amides is 5. The minimum Gasteiger partial charge on any atom is -0.490 e. The van der Waals surface area contributed by atoms with Crippen molar-refractivity contribution in [3.05, 3.63) is 91.4 Å². The number of carbonyl (C=O) groups excluding carboxylic acids is 4. The number of halogens is 1. The second-order valence-electron chi connectivity index (χ2n) is 9.15. The number of hydrogen-bond acceptors (Lipinski definition) is 8. The summed E-state index contributed by atoms with van der Waals surface area (Å²) in [5.74, 6) is -1.85. The number of anilines is 2. The Hall–Kier alpha value is -5.04. The molecule has 0 saturated carbocycles. The highest BCUT2D eigenvalue weighted by Gasteiger charge is 2.37. The monoisotopic (exact) mass is 636 g/mol. The SMILES string of the molecule is CCOc1cc(/C=C2/C(=O)NC(=O)N(c3cccc([N+](=O)[O-])c3)C2=O)cc(Br)c1OCC(=O)Nc1ccc(C)cc1C.